The van der Waals surface area contributed by atoms with E-state index in [2.05, 4.69) is 15.0 Å². The molecule has 1 aromatic rings. The number of rotatable bonds is 3. The molecular formula is C6H8N4OS. The molecule has 64 valence electrons. The third kappa shape index (κ3) is 2.20. The predicted octanol–water partition coefficient (Wildman–Crippen LogP) is 1.80. The highest BCUT2D eigenvalue weighted by Gasteiger charge is 2.09. The maximum atomic E-state index is 9.35. The molecular weight excluding hydrogens is 176 g/mol. The maximum absolute atomic E-state index is 9.35. The Hall–Kier alpha value is -1.10. The quantitative estimate of drug-likeness (QED) is 0.441. The van der Waals surface area contributed by atoms with Crippen LogP contribution in [-0.4, -0.2) is 16.6 Å². The van der Waals surface area contributed by atoms with Gasteiger partial charge in [0.2, 0.25) is 0 Å². The number of aliphatic hydroxyl groups is 1. The summed E-state index contributed by atoms with van der Waals surface area (Å²) in [5.74, 6) is 0. The summed E-state index contributed by atoms with van der Waals surface area (Å²) < 4.78 is 0. The molecule has 0 radical (unpaired) electrons. The molecule has 6 heteroatoms. The van der Waals surface area contributed by atoms with E-state index < -0.39 is 6.10 Å². The molecule has 1 atom stereocenters. The second kappa shape index (κ2) is 4.06. The topological polar surface area (TPSA) is 81.9 Å². The summed E-state index contributed by atoms with van der Waals surface area (Å²) in [6.07, 6.45) is -0.764. The Morgan fingerprint density at radius 2 is 2.67 bits per heavy atom. The molecule has 1 aromatic heterocycles. The van der Waals surface area contributed by atoms with Crippen molar-refractivity contribution in [3.63, 3.8) is 0 Å². The number of aliphatic hydroxyl groups excluding tert-OH is 1. The van der Waals surface area contributed by atoms with E-state index in [4.69, 9.17) is 5.53 Å². The van der Waals surface area contributed by atoms with Gasteiger partial charge in [-0.2, -0.15) is 0 Å². The van der Waals surface area contributed by atoms with E-state index in [1.165, 1.54) is 11.3 Å². The van der Waals surface area contributed by atoms with Gasteiger partial charge in [-0.25, -0.2) is 4.98 Å². The third-order valence-electron chi connectivity index (χ3n) is 1.24. The number of nitrogens with zero attached hydrogens (tertiary/aromatic N) is 4. The van der Waals surface area contributed by atoms with Gasteiger partial charge in [0.15, 0.2) is 0 Å². The first-order chi connectivity index (χ1) is 5.74. The standard InChI is InChI=1S/C6H8N4OS/c1-4-3-12-6(9-4)5(11)2-8-10-7/h3,5,11H,2H2,1H3. The van der Waals surface area contributed by atoms with Crippen LogP contribution in [0.5, 0.6) is 0 Å². The third-order valence-corrected chi connectivity index (χ3v) is 2.30. The van der Waals surface area contributed by atoms with Crippen molar-refractivity contribution in [2.75, 3.05) is 6.54 Å². The van der Waals surface area contributed by atoms with Crippen LogP contribution in [0.15, 0.2) is 10.5 Å². The molecule has 0 spiro atoms. The van der Waals surface area contributed by atoms with Crippen LogP contribution in [-0.2, 0) is 0 Å². The highest BCUT2D eigenvalue weighted by Crippen LogP contribution is 2.17. The number of aromatic nitrogens is 1. The van der Waals surface area contributed by atoms with Crippen LogP contribution in [0.1, 0.15) is 16.8 Å². The van der Waals surface area contributed by atoms with Crippen molar-refractivity contribution < 1.29 is 5.11 Å². The highest BCUT2D eigenvalue weighted by atomic mass is 32.1. The largest absolute Gasteiger partial charge is 0.386 e. The van der Waals surface area contributed by atoms with E-state index in [-0.39, 0.29) is 6.54 Å². The maximum Gasteiger partial charge on any atom is 0.122 e. The lowest BCUT2D eigenvalue weighted by Gasteiger charge is -2.00. The fraction of sp³-hybridized carbons (Fsp3) is 0.500. The molecule has 0 amide bonds. The fourth-order valence-electron chi connectivity index (χ4n) is 0.717. The minimum Gasteiger partial charge on any atom is -0.386 e. The minimum absolute atomic E-state index is 0.0451. The van der Waals surface area contributed by atoms with Gasteiger partial charge in [0, 0.05) is 16.0 Å². The van der Waals surface area contributed by atoms with Crippen LogP contribution in [0.4, 0.5) is 0 Å². The molecule has 0 aliphatic carbocycles. The first kappa shape index (κ1) is 8.99. The molecule has 0 saturated heterocycles. The van der Waals surface area contributed by atoms with Gasteiger partial charge in [0.05, 0.1) is 6.54 Å². The Kier molecular flexibility index (Phi) is 3.04. The van der Waals surface area contributed by atoms with Crippen molar-refractivity contribution in [3.8, 4) is 0 Å². The monoisotopic (exact) mass is 184 g/mol. The van der Waals surface area contributed by atoms with Crippen molar-refractivity contribution in [2.24, 2.45) is 5.11 Å². The van der Waals surface area contributed by atoms with E-state index in [0.717, 1.165) is 5.69 Å². The van der Waals surface area contributed by atoms with Crippen LogP contribution in [0.25, 0.3) is 10.4 Å². The SMILES string of the molecule is Cc1csc(C(O)CN=[N+]=[N-])n1. The van der Waals surface area contributed by atoms with Crippen LogP contribution in [0.3, 0.4) is 0 Å². The van der Waals surface area contributed by atoms with E-state index in [9.17, 15) is 5.11 Å². The van der Waals surface area contributed by atoms with Gasteiger partial charge in [-0.1, -0.05) is 5.11 Å². The number of thiazole rings is 1. The molecule has 0 aliphatic heterocycles. The molecule has 0 aromatic carbocycles. The summed E-state index contributed by atoms with van der Waals surface area (Å²) in [6.45, 7) is 1.89. The lowest BCUT2D eigenvalue weighted by atomic mass is 10.4. The molecule has 5 nitrogen and oxygen atoms in total. The fourth-order valence-corrected chi connectivity index (χ4v) is 1.49. The van der Waals surface area contributed by atoms with Crippen LogP contribution >= 0.6 is 11.3 Å². The van der Waals surface area contributed by atoms with Crippen LogP contribution < -0.4 is 0 Å². The molecule has 0 aliphatic rings. The van der Waals surface area contributed by atoms with Crippen molar-refractivity contribution >= 4 is 11.3 Å². The Balaban J connectivity index is 2.64. The average Bonchev–Trinajstić information content (AvgIpc) is 2.47. The van der Waals surface area contributed by atoms with Crippen molar-refractivity contribution in [3.05, 3.63) is 26.5 Å². The summed E-state index contributed by atoms with van der Waals surface area (Å²) in [7, 11) is 0. The molecule has 1 heterocycles. The Labute approximate surface area is 73.3 Å². The molecule has 0 bridgehead atoms. The number of azide groups is 1. The van der Waals surface area contributed by atoms with Crippen molar-refractivity contribution in [1.82, 2.24) is 4.98 Å². The summed E-state index contributed by atoms with van der Waals surface area (Å²) in [5.41, 5.74) is 8.87. The van der Waals surface area contributed by atoms with Gasteiger partial charge in [0.1, 0.15) is 11.1 Å². The Morgan fingerprint density at radius 3 is 3.17 bits per heavy atom. The van der Waals surface area contributed by atoms with Crippen molar-refractivity contribution in [2.45, 2.75) is 13.0 Å². The molecule has 1 rings (SSSR count). The van der Waals surface area contributed by atoms with Crippen LogP contribution in [0.2, 0.25) is 0 Å². The predicted molar refractivity (Wildman–Crippen MR) is 45.8 cm³/mol. The van der Waals surface area contributed by atoms with E-state index in [1.807, 2.05) is 12.3 Å². The van der Waals surface area contributed by atoms with Gasteiger partial charge in [-0.3, -0.25) is 0 Å². The zero-order chi connectivity index (χ0) is 8.97. The lowest BCUT2D eigenvalue weighted by Crippen LogP contribution is -1.99. The summed E-state index contributed by atoms with van der Waals surface area (Å²) in [5, 5.41) is 15.0. The highest BCUT2D eigenvalue weighted by molar-refractivity contribution is 7.09. The average molecular weight is 184 g/mol. The summed E-state index contributed by atoms with van der Waals surface area (Å²) >= 11 is 1.36. The van der Waals surface area contributed by atoms with Gasteiger partial charge in [-0.15, -0.1) is 11.3 Å². The van der Waals surface area contributed by atoms with Gasteiger partial charge in [-0.05, 0) is 12.5 Å². The Morgan fingerprint density at radius 1 is 1.92 bits per heavy atom. The van der Waals surface area contributed by atoms with Gasteiger partial charge < -0.3 is 5.11 Å². The molecule has 0 fully saturated rings. The first-order valence-corrected chi connectivity index (χ1v) is 4.23. The number of hydrogen-bond acceptors (Lipinski definition) is 4. The van der Waals surface area contributed by atoms with Crippen molar-refractivity contribution in [1.29, 1.82) is 0 Å². The normalized spacial score (nSPS) is 12.2. The second-order valence-electron chi connectivity index (χ2n) is 2.26. The first-order valence-electron chi connectivity index (χ1n) is 3.35. The van der Waals surface area contributed by atoms with E-state index in [0.29, 0.717) is 5.01 Å². The number of aryl methyl sites for hydroxylation is 1. The zero-order valence-corrected chi connectivity index (χ0v) is 7.32. The minimum atomic E-state index is -0.764. The summed E-state index contributed by atoms with van der Waals surface area (Å²) in [4.78, 5) is 6.60. The lowest BCUT2D eigenvalue weighted by molar-refractivity contribution is 0.186. The molecule has 1 unspecified atom stereocenters. The smallest absolute Gasteiger partial charge is 0.122 e. The second-order valence-corrected chi connectivity index (χ2v) is 3.15. The molecule has 0 saturated carbocycles. The number of hydrogen-bond donors (Lipinski definition) is 1. The molecule has 12 heavy (non-hydrogen) atoms. The van der Waals surface area contributed by atoms with Crippen LogP contribution in [0, 0.1) is 6.92 Å². The zero-order valence-electron chi connectivity index (χ0n) is 6.51. The van der Waals surface area contributed by atoms with E-state index >= 15 is 0 Å². The van der Waals surface area contributed by atoms with Gasteiger partial charge >= 0.3 is 0 Å². The Bertz CT molecular complexity index is 304. The molecule has 1 N–H and O–H groups in total. The van der Waals surface area contributed by atoms with Gasteiger partial charge in [0.25, 0.3) is 0 Å². The summed E-state index contributed by atoms with van der Waals surface area (Å²) in [6, 6.07) is 0. The van der Waals surface area contributed by atoms with E-state index in [1.54, 1.807) is 0 Å².